The molecule has 0 spiro atoms. The monoisotopic (exact) mass is 310 g/mol. The van der Waals surface area contributed by atoms with Crippen LogP contribution in [0.25, 0.3) is 11.3 Å². The normalized spacial score (nSPS) is 10.7. The molecule has 3 aromatic rings. The Hall–Kier alpha value is -2.95. The molecule has 0 aliphatic heterocycles. The lowest BCUT2D eigenvalue weighted by Crippen LogP contribution is -2.06. The van der Waals surface area contributed by atoms with E-state index in [9.17, 15) is 14.3 Å². The molecule has 0 bridgehead atoms. The van der Waals surface area contributed by atoms with Crippen LogP contribution in [0, 0.1) is 12.7 Å². The Morgan fingerprint density at radius 1 is 1.13 bits per heavy atom. The standard InChI is InChI=1S/C18H15FN2O2/c1-12-2-4-13(5-3-12)11-21-17(10-16(20-21)18(22)23)14-6-8-15(19)9-7-14/h2-10H,11H2,1H3,(H,22,23). The second-order valence-electron chi connectivity index (χ2n) is 5.37. The van der Waals surface area contributed by atoms with E-state index in [-0.39, 0.29) is 11.5 Å². The maximum Gasteiger partial charge on any atom is 0.356 e. The van der Waals surface area contributed by atoms with Gasteiger partial charge in [0.1, 0.15) is 5.82 Å². The zero-order valence-corrected chi connectivity index (χ0v) is 12.5. The maximum absolute atomic E-state index is 13.1. The quantitative estimate of drug-likeness (QED) is 0.798. The highest BCUT2D eigenvalue weighted by Crippen LogP contribution is 2.22. The minimum absolute atomic E-state index is 0.0311. The van der Waals surface area contributed by atoms with Crippen molar-refractivity contribution < 1.29 is 14.3 Å². The Kier molecular flexibility index (Phi) is 3.93. The van der Waals surface area contributed by atoms with Crippen LogP contribution in [0.4, 0.5) is 4.39 Å². The van der Waals surface area contributed by atoms with Crippen LogP contribution in [0.2, 0.25) is 0 Å². The number of hydrogen-bond donors (Lipinski definition) is 1. The molecule has 1 heterocycles. The summed E-state index contributed by atoms with van der Waals surface area (Å²) < 4.78 is 14.7. The number of hydrogen-bond acceptors (Lipinski definition) is 2. The first-order valence-electron chi connectivity index (χ1n) is 7.15. The van der Waals surface area contributed by atoms with Crippen molar-refractivity contribution in [3.8, 4) is 11.3 Å². The number of aromatic carboxylic acids is 1. The molecule has 23 heavy (non-hydrogen) atoms. The number of aromatic nitrogens is 2. The molecule has 0 amide bonds. The van der Waals surface area contributed by atoms with Gasteiger partial charge in [-0.2, -0.15) is 5.10 Å². The van der Waals surface area contributed by atoms with Gasteiger partial charge in [-0.05, 0) is 42.8 Å². The highest BCUT2D eigenvalue weighted by atomic mass is 19.1. The first-order chi connectivity index (χ1) is 11.0. The third kappa shape index (κ3) is 3.29. The zero-order valence-electron chi connectivity index (χ0n) is 12.5. The van der Waals surface area contributed by atoms with Gasteiger partial charge < -0.3 is 5.11 Å². The van der Waals surface area contributed by atoms with Crippen LogP contribution < -0.4 is 0 Å². The lowest BCUT2D eigenvalue weighted by atomic mass is 10.1. The second-order valence-corrected chi connectivity index (χ2v) is 5.37. The van der Waals surface area contributed by atoms with Gasteiger partial charge in [0.25, 0.3) is 0 Å². The van der Waals surface area contributed by atoms with Gasteiger partial charge in [0.05, 0.1) is 12.2 Å². The predicted molar refractivity (Wildman–Crippen MR) is 84.9 cm³/mol. The van der Waals surface area contributed by atoms with Crippen LogP contribution in [0.3, 0.4) is 0 Å². The van der Waals surface area contributed by atoms with E-state index < -0.39 is 5.97 Å². The van der Waals surface area contributed by atoms with Crippen LogP contribution in [0.15, 0.2) is 54.6 Å². The molecule has 0 aliphatic carbocycles. The van der Waals surface area contributed by atoms with Crippen molar-refractivity contribution in [1.82, 2.24) is 9.78 Å². The van der Waals surface area contributed by atoms with E-state index in [0.29, 0.717) is 12.2 Å². The maximum atomic E-state index is 13.1. The Labute approximate surface area is 132 Å². The van der Waals surface area contributed by atoms with Crippen molar-refractivity contribution in [3.63, 3.8) is 0 Å². The van der Waals surface area contributed by atoms with Gasteiger partial charge in [0.2, 0.25) is 0 Å². The molecule has 116 valence electrons. The highest BCUT2D eigenvalue weighted by molar-refractivity contribution is 5.87. The third-order valence-electron chi connectivity index (χ3n) is 3.59. The molecule has 0 radical (unpaired) electrons. The molecule has 5 heteroatoms. The van der Waals surface area contributed by atoms with E-state index in [4.69, 9.17) is 0 Å². The number of carboxylic acid groups (broad SMARTS) is 1. The molecule has 0 saturated carbocycles. The lowest BCUT2D eigenvalue weighted by molar-refractivity contribution is 0.0689. The van der Waals surface area contributed by atoms with E-state index in [1.807, 2.05) is 31.2 Å². The average molecular weight is 310 g/mol. The van der Waals surface area contributed by atoms with E-state index in [2.05, 4.69) is 5.10 Å². The van der Waals surface area contributed by atoms with Crippen LogP contribution in [0.1, 0.15) is 21.6 Å². The summed E-state index contributed by atoms with van der Waals surface area (Å²) >= 11 is 0. The molecule has 0 saturated heterocycles. The van der Waals surface area contributed by atoms with Crippen molar-refractivity contribution in [2.24, 2.45) is 0 Å². The summed E-state index contributed by atoms with van der Waals surface area (Å²) in [7, 11) is 0. The topological polar surface area (TPSA) is 55.1 Å². The molecule has 1 N–H and O–H groups in total. The minimum atomic E-state index is -1.09. The van der Waals surface area contributed by atoms with Crippen LogP contribution in [0.5, 0.6) is 0 Å². The SMILES string of the molecule is Cc1ccc(Cn2nc(C(=O)O)cc2-c2ccc(F)cc2)cc1. The smallest absolute Gasteiger partial charge is 0.356 e. The molecular weight excluding hydrogens is 295 g/mol. The predicted octanol–water partition coefficient (Wildman–Crippen LogP) is 3.74. The molecule has 4 nitrogen and oxygen atoms in total. The highest BCUT2D eigenvalue weighted by Gasteiger charge is 2.15. The van der Waals surface area contributed by atoms with E-state index in [0.717, 1.165) is 16.7 Å². The molecule has 0 aliphatic rings. The van der Waals surface area contributed by atoms with Crippen LogP contribution >= 0.6 is 0 Å². The molecule has 2 aromatic carbocycles. The lowest BCUT2D eigenvalue weighted by Gasteiger charge is -2.08. The van der Waals surface area contributed by atoms with Gasteiger partial charge in [-0.15, -0.1) is 0 Å². The van der Waals surface area contributed by atoms with E-state index in [1.165, 1.54) is 18.2 Å². The molecule has 0 fully saturated rings. The Morgan fingerprint density at radius 3 is 2.39 bits per heavy atom. The van der Waals surface area contributed by atoms with Gasteiger partial charge >= 0.3 is 5.97 Å². The van der Waals surface area contributed by atoms with Crippen molar-refractivity contribution in [3.05, 3.63) is 77.2 Å². The number of benzene rings is 2. The van der Waals surface area contributed by atoms with Crippen LogP contribution in [-0.2, 0) is 6.54 Å². The fourth-order valence-electron chi connectivity index (χ4n) is 2.36. The summed E-state index contributed by atoms with van der Waals surface area (Å²) in [4.78, 5) is 11.2. The largest absolute Gasteiger partial charge is 0.476 e. The van der Waals surface area contributed by atoms with Gasteiger partial charge in [-0.25, -0.2) is 9.18 Å². The number of carbonyl (C=O) groups is 1. The summed E-state index contributed by atoms with van der Waals surface area (Å²) in [5.74, 6) is -1.42. The first-order valence-corrected chi connectivity index (χ1v) is 7.15. The van der Waals surface area contributed by atoms with E-state index in [1.54, 1.807) is 16.8 Å². The van der Waals surface area contributed by atoms with Crippen molar-refractivity contribution in [1.29, 1.82) is 0 Å². The van der Waals surface area contributed by atoms with Crippen LogP contribution in [-0.4, -0.2) is 20.9 Å². The summed E-state index contributed by atoms with van der Waals surface area (Å²) in [6, 6.07) is 15.4. The minimum Gasteiger partial charge on any atom is -0.476 e. The van der Waals surface area contributed by atoms with Crippen molar-refractivity contribution in [2.75, 3.05) is 0 Å². The van der Waals surface area contributed by atoms with Gasteiger partial charge in [0.15, 0.2) is 5.69 Å². The number of carboxylic acids is 1. The number of halogens is 1. The van der Waals surface area contributed by atoms with Crippen molar-refractivity contribution in [2.45, 2.75) is 13.5 Å². The Balaban J connectivity index is 2.02. The molecule has 3 rings (SSSR count). The first kappa shape index (κ1) is 15.0. The summed E-state index contributed by atoms with van der Waals surface area (Å²) in [6.07, 6.45) is 0. The third-order valence-corrected chi connectivity index (χ3v) is 3.59. The summed E-state index contributed by atoms with van der Waals surface area (Å²) in [5, 5.41) is 13.3. The fraction of sp³-hybridized carbons (Fsp3) is 0.111. The fourth-order valence-corrected chi connectivity index (χ4v) is 2.36. The van der Waals surface area contributed by atoms with Crippen molar-refractivity contribution >= 4 is 5.97 Å². The van der Waals surface area contributed by atoms with E-state index >= 15 is 0 Å². The number of rotatable bonds is 4. The van der Waals surface area contributed by atoms with Gasteiger partial charge in [-0.3, -0.25) is 4.68 Å². The number of aryl methyl sites for hydroxylation is 1. The second kappa shape index (κ2) is 6.04. The molecule has 0 unspecified atom stereocenters. The molecule has 0 atom stereocenters. The van der Waals surface area contributed by atoms with Gasteiger partial charge in [-0.1, -0.05) is 29.8 Å². The summed E-state index contributed by atoms with van der Waals surface area (Å²) in [5.41, 5.74) is 3.50. The Morgan fingerprint density at radius 2 is 1.78 bits per heavy atom. The average Bonchev–Trinajstić information content (AvgIpc) is 2.94. The zero-order chi connectivity index (χ0) is 16.4. The molecular formula is C18H15FN2O2. The number of nitrogens with zero attached hydrogens (tertiary/aromatic N) is 2. The summed E-state index contributed by atoms with van der Waals surface area (Å²) in [6.45, 7) is 2.45. The Bertz CT molecular complexity index is 836. The van der Waals surface area contributed by atoms with Gasteiger partial charge in [0, 0.05) is 5.56 Å². The molecule has 1 aromatic heterocycles.